The molecule has 0 heterocycles. The van der Waals surface area contributed by atoms with Gasteiger partial charge in [0, 0.05) is 5.56 Å². The summed E-state index contributed by atoms with van der Waals surface area (Å²) < 4.78 is 5.21. The van der Waals surface area contributed by atoms with Crippen LogP contribution in [0.15, 0.2) is 48.5 Å². The molecule has 0 bridgehead atoms. The number of benzene rings is 2. The zero-order valence-corrected chi connectivity index (χ0v) is 13.1. The van der Waals surface area contributed by atoms with Crippen LogP contribution in [-0.2, 0) is 11.2 Å². The van der Waals surface area contributed by atoms with Crippen molar-refractivity contribution >= 4 is 11.8 Å². The number of ketones is 1. The number of carbonyl (C=O) groups is 2. The van der Waals surface area contributed by atoms with E-state index in [1.54, 1.807) is 19.1 Å². The zero-order valence-electron chi connectivity index (χ0n) is 13.1. The molecule has 0 aliphatic heterocycles. The summed E-state index contributed by atoms with van der Waals surface area (Å²) in [6, 6.07) is 15.3. The number of Topliss-reactive ketones (excluding diaryl/α,β-unsaturated/α-hetero) is 1. The quantitative estimate of drug-likeness (QED) is 0.626. The molecule has 2 rings (SSSR count). The van der Waals surface area contributed by atoms with Gasteiger partial charge in [-0.2, -0.15) is 5.26 Å². The van der Waals surface area contributed by atoms with Crippen molar-refractivity contribution in [3.05, 3.63) is 70.8 Å². The molecule has 0 aliphatic carbocycles. The Balaban J connectivity index is 2.04. The molecule has 2 aromatic rings. The fraction of sp³-hybridized carbons (Fsp3) is 0.211. The molecular weight excluding hydrogens is 290 g/mol. The largest absolute Gasteiger partial charge is 0.451 e. The number of hydrogen-bond acceptors (Lipinski definition) is 4. The second-order valence-electron chi connectivity index (χ2n) is 5.15. The van der Waals surface area contributed by atoms with Crippen molar-refractivity contribution in [2.45, 2.75) is 26.4 Å². The summed E-state index contributed by atoms with van der Waals surface area (Å²) in [7, 11) is 0. The number of hydrogen-bond donors (Lipinski definition) is 0. The Hall–Kier alpha value is -2.93. The number of nitrogens with zero attached hydrogens (tertiary/aromatic N) is 1. The summed E-state index contributed by atoms with van der Waals surface area (Å²) >= 11 is 0. The summed E-state index contributed by atoms with van der Waals surface area (Å²) in [4.78, 5) is 24.3. The maximum absolute atomic E-state index is 12.3. The Morgan fingerprint density at radius 1 is 1.04 bits per heavy atom. The summed E-state index contributed by atoms with van der Waals surface area (Å²) in [5.41, 5.74) is 2.43. The van der Waals surface area contributed by atoms with Crippen molar-refractivity contribution in [3.63, 3.8) is 0 Å². The third-order valence-corrected chi connectivity index (χ3v) is 3.55. The van der Waals surface area contributed by atoms with Crippen LogP contribution in [0.3, 0.4) is 0 Å². The Morgan fingerprint density at radius 3 is 2.13 bits per heavy atom. The Kier molecular flexibility index (Phi) is 5.27. The molecule has 0 unspecified atom stereocenters. The minimum atomic E-state index is -0.870. The van der Waals surface area contributed by atoms with Gasteiger partial charge < -0.3 is 4.74 Å². The summed E-state index contributed by atoms with van der Waals surface area (Å²) in [6.07, 6.45) is 0.0307. The fourth-order valence-corrected chi connectivity index (χ4v) is 2.10. The first kappa shape index (κ1) is 16.4. The minimum absolute atomic E-state index is 0.241. The van der Waals surface area contributed by atoms with E-state index >= 15 is 0 Å². The van der Waals surface area contributed by atoms with E-state index in [0.717, 1.165) is 12.0 Å². The number of carbonyl (C=O) groups excluding carboxylic acids is 2. The first-order chi connectivity index (χ1) is 11.0. The van der Waals surface area contributed by atoms with Gasteiger partial charge in [-0.15, -0.1) is 0 Å². The molecule has 0 spiro atoms. The lowest BCUT2D eigenvalue weighted by Crippen LogP contribution is -2.24. The topological polar surface area (TPSA) is 67.2 Å². The molecule has 0 aliphatic rings. The van der Waals surface area contributed by atoms with Gasteiger partial charge in [-0.3, -0.25) is 4.79 Å². The van der Waals surface area contributed by atoms with Crippen LogP contribution < -0.4 is 0 Å². The van der Waals surface area contributed by atoms with Gasteiger partial charge in [-0.1, -0.05) is 31.2 Å². The Labute approximate surface area is 135 Å². The van der Waals surface area contributed by atoms with Gasteiger partial charge in [0.1, 0.15) is 0 Å². The van der Waals surface area contributed by atoms with Crippen molar-refractivity contribution in [2.24, 2.45) is 0 Å². The van der Waals surface area contributed by atoms with E-state index < -0.39 is 12.1 Å². The van der Waals surface area contributed by atoms with Gasteiger partial charge in [0.25, 0.3) is 0 Å². The number of esters is 1. The Morgan fingerprint density at radius 2 is 1.61 bits per heavy atom. The molecule has 0 saturated heterocycles. The number of rotatable bonds is 5. The summed E-state index contributed by atoms with van der Waals surface area (Å²) in [6.45, 7) is 3.59. The molecule has 0 radical (unpaired) electrons. The maximum Gasteiger partial charge on any atom is 0.338 e. The van der Waals surface area contributed by atoms with Gasteiger partial charge >= 0.3 is 5.97 Å². The lowest BCUT2D eigenvalue weighted by Gasteiger charge is -2.12. The molecule has 0 saturated carbocycles. The SMILES string of the molecule is CCc1ccc(C(=O)[C@@H](C)OC(=O)c2ccc(C#N)cc2)cc1. The molecule has 116 valence electrons. The van der Waals surface area contributed by atoms with Gasteiger partial charge in [0.2, 0.25) is 5.78 Å². The standard InChI is InChI=1S/C19H17NO3/c1-3-14-4-8-16(9-5-14)18(21)13(2)23-19(22)17-10-6-15(12-20)7-11-17/h4-11,13H,3H2,1-2H3/t13-/m1/s1. The molecule has 23 heavy (non-hydrogen) atoms. The minimum Gasteiger partial charge on any atom is -0.451 e. The van der Waals surface area contributed by atoms with Crippen molar-refractivity contribution in [1.82, 2.24) is 0 Å². The molecule has 0 amide bonds. The van der Waals surface area contributed by atoms with Crippen LogP contribution in [-0.4, -0.2) is 17.9 Å². The number of nitriles is 1. The van der Waals surface area contributed by atoms with Crippen LogP contribution in [0.25, 0.3) is 0 Å². The molecule has 0 N–H and O–H groups in total. The predicted octanol–water partition coefficient (Wildman–Crippen LogP) is 3.55. The van der Waals surface area contributed by atoms with E-state index in [0.29, 0.717) is 16.7 Å². The average Bonchev–Trinajstić information content (AvgIpc) is 2.61. The van der Waals surface area contributed by atoms with Gasteiger partial charge in [-0.05, 0) is 43.2 Å². The molecule has 0 aromatic heterocycles. The highest BCUT2D eigenvalue weighted by molar-refractivity contribution is 6.01. The van der Waals surface area contributed by atoms with Crippen LogP contribution in [0.1, 0.15) is 45.7 Å². The summed E-state index contributed by atoms with van der Waals surface area (Å²) in [5, 5.41) is 8.74. The fourth-order valence-electron chi connectivity index (χ4n) is 2.10. The molecule has 0 fully saturated rings. The number of ether oxygens (including phenoxy) is 1. The zero-order chi connectivity index (χ0) is 16.8. The van der Waals surface area contributed by atoms with Crippen molar-refractivity contribution in [1.29, 1.82) is 5.26 Å². The third-order valence-electron chi connectivity index (χ3n) is 3.55. The van der Waals surface area contributed by atoms with Crippen molar-refractivity contribution < 1.29 is 14.3 Å². The third kappa shape index (κ3) is 4.04. The molecule has 4 nitrogen and oxygen atoms in total. The first-order valence-electron chi connectivity index (χ1n) is 7.39. The van der Waals surface area contributed by atoms with E-state index in [9.17, 15) is 9.59 Å². The summed E-state index contributed by atoms with van der Waals surface area (Å²) in [5.74, 6) is -0.824. The van der Waals surface area contributed by atoms with Crippen LogP contribution >= 0.6 is 0 Å². The van der Waals surface area contributed by atoms with E-state index in [2.05, 4.69) is 0 Å². The average molecular weight is 307 g/mol. The van der Waals surface area contributed by atoms with Crippen molar-refractivity contribution in [2.75, 3.05) is 0 Å². The molecular formula is C19H17NO3. The maximum atomic E-state index is 12.3. The van der Waals surface area contributed by atoms with Gasteiger partial charge in [0.15, 0.2) is 6.10 Å². The highest BCUT2D eigenvalue weighted by atomic mass is 16.5. The monoisotopic (exact) mass is 307 g/mol. The van der Waals surface area contributed by atoms with Crippen LogP contribution in [0.2, 0.25) is 0 Å². The van der Waals surface area contributed by atoms with E-state index in [1.165, 1.54) is 24.3 Å². The predicted molar refractivity (Wildman–Crippen MR) is 86.2 cm³/mol. The lowest BCUT2D eigenvalue weighted by atomic mass is 10.0. The first-order valence-corrected chi connectivity index (χ1v) is 7.39. The van der Waals surface area contributed by atoms with E-state index in [-0.39, 0.29) is 5.78 Å². The molecule has 1 atom stereocenters. The molecule has 2 aromatic carbocycles. The second-order valence-corrected chi connectivity index (χ2v) is 5.15. The van der Waals surface area contributed by atoms with Crippen LogP contribution in [0.4, 0.5) is 0 Å². The van der Waals surface area contributed by atoms with Crippen LogP contribution in [0.5, 0.6) is 0 Å². The Bertz CT molecular complexity index is 740. The van der Waals surface area contributed by atoms with Gasteiger partial charge in [-0.25, -0.2) is 4.79 Å². The van der Waals surface area contributed by atoms with Crippen LogP contribution in [0, 0.1) is 11.3 Å². The number of aryl methyl sites for hydroxylation is 1. The normalized spacial score (nSPS) is 11.3. The lowest BCUT2D eigenvalue weighted by molar-refractivity contribution is 0.0319. The van der Waals surface area contributed by atoms with Gasteiger partial charge in [0.05, 0.1) is 17.2 Å². The second kappa shape index (κ2) is 7.37. The smallest absolute Gasteiger partial charge is 0.338 e. The van der Waals surface area contributed by atoms with E-state index in [4.69, 9.17) is 10.00 Å². The highest BCUT2D eigenvalue weighted by Crippen LogP contribution is 2.12. The van der Waals surface area contributed by atoms with E-state index in [1.807, 2.05) is 25.1 Å². The van der Waals surface area contributed by atoms with Crippen molar-refractivity contribution in [3.8, 4) is 6.07 Å². The highest BCUT2D eigenvalue weighted by Gasteiger charge is 2.20. The molecule has 4 heteroatoms.